The molecule has 0 N–H and O–H groups in total. The van der Waals surface area contributed by atoms with E-state index in [0.717, 1.165) is 0 Å². The van der Waals surface area contributed by atoms with Crippen molar-refractivity contribution in [1.29, 1.82) is 0 Å². The van der Waals surface area contributed by atoms with Crippen LogP contribution in [-0.4, -0.2) is 3.21 Å². The summed E-state index contributed by atoms with van der Waals surface area (Å²) < 4.78 is 1.42. The van der Waals surface area contributed by atoms with E-state index < -0.39 is 0 Å². The Bertz CT molecular complexity index is 1780. The van der Waals surface area contributed by atoms with Gasteiger partial charge in [-0.25, -0.2) is 0 Å². The molecule has 1 heteroatoms. The Balaban J connectivity index is 0.000000123. The molecule has 0 saturated carbocycles. The normalized spacial score (nSPS) is 10.7. The third-order valence-corrected chi connectivity index (χ3v) is 8.71. The topological polar surface area (TPSA) is 0 Å². The van der Waals surface area contributed by atoms with E-state index >= 15 is 0 Å². The fourth-order valence-electron chi connectivity index (χ4n) is 5.10. The molecule has 0 radical (unpaired) electrons. The zero-order valence-electron chi connectivity index (χ0n) is 23.7. The number of rotatable bonds is 2. The van der Waals surface area contributed by atoms with Crippen LogP contribution in [0.3, 0.4) is 0 Å². The summed E-state index contributed by atoms with van der Waals surface area (Å²) >= 11 is 1.46. The molecule has 0 nitrogen and oxygen atoms in total. The van der Waals surface area contributed by atoms with Crippen LogP contribution in [0.5, 0.6) is 0 Å². The fourth-order valence-corrected chi connectivity index (χ4v) is 5.92. The van der Waals surface area contributed by atoms with Crippen molar-refractivity contribution in [3.05, 3.63) is 167 Å². The van der Waals surface area contributed by atoms with Gasteiger partial charge < -0.3 is 0 Å². The average Bonchev–Trinajstić information content (AvgIpc) is 3.52. The van der Waals surface area contributed by atoms with E-state index in [1.54, 1.807) is 0 Å². The molecule has 7 aromatic rings. The first-order valence-corrected chi connectivity index (χ1v) is 15.0. The summed E-state index contributed by atoms with van der Waals surface area (Å²) in [5, 5.41) is 8.20. The molecule has 0 aromatic heterocycles. The molecule has 0 unspecified atom stereocenters. The molecule has 0 atom stereocenters. The van der Waals surface area contributed by atoms with Crippen LogP contribution in [0.25, 0.3) is 32.3 Å². The molecule has 0 bridgehead atoms. The van der Waals surface area contributed by atoms with Gasteiger partial charge in [0.25, 0.3) is 0 Å². The second-order valence-corrected chi connectivity index (χ2v) is 11.8. The Morgan fingerprint density at radius 3 is 1.50 bits per heavy atom. The predicted octanol–water partition coefficient (Wildman–Crippen LogP) is 10.3. The van der Waals surface area contributed by atoms with Gasteiger partial charge in [0.05, 0.1) is 0 Å². The number of hydrogen-bond donors (Lipinski definition) is 0. The maximum atomic E-state index is 2.28. The summed E-state index contributed by atoms with van der Waals surface area (Å²) in [5.74, 6) is 0. The van der Waals surface area contributed by atoms with Gasteiger partial charge in [0.1, 0.15) is 0 Å². The average molecular weight is 594 g/mol. The molecular formula is C39H34Zr. The zero-order chi connectivity index (χ0) is 28.1. The molecule has 194 valence electrons. The number of fused-ring (bicyclic) bond motifs is 4. The van der Waals surface area contributed by atoms with Crippen LogP contribution in [0, 0.1) is 27.7 Å². The third-order valence-electron chi connectivity index (χ3n) is 7.29. The van der Waals surface area contributed by atoms with Crippen LogP contribution >= 0.6 is 0 Å². The Labute approximate surface area is 253 Å². The van der Waals surface area contributed by atoms with Crippen LogP contribution in [0.2, 0.25) is 0 Å². The van der Waals surface area contributed by atoms with Gasteiger partial charge >= 0.3 is 99.2 Å². The second-order valence-electron chi connectivity index (χ2n) is 10.5. The van der Waals surface area contributed by atoms with Gasteiger partial charge in [0.2, 0.25) is 0 Å². The summed E-state index contributed by atoms with van der Waals surface area (Å²) in [6.45, 7) is 8.57. The van der Waals surface area contributed by atoms with E-state index in [4.69, 9.17) is 0 Å². The summed E-state index contributed by atoms with van der Waals surface area (Å²) in [6, 6.07) is 47.6. The first kappa shape index (κ1) is 27.9. The van der Waals surface area contributed by atoms with Crippen molar-refractivity contribution in [1.82, 2.24) is 0 Å². The molecule has 0 fully saturated rings. The molecule has 7 rings (SSSR count). The molecule has 7 aromatic carbocycles. The van der Waals surface area contributed by atoms with Crippen LogP contribution in [-0.2, 0) is 24.2 Å². The molecule has 0 amide bonds. The van der Waals surface area contributed by atoms with Crippen molar-refractivity contribution in [3.63, 3.8) is 0 Å². The van der Waals surface area contributed by atoms with E-state index in [0.29, 0.717) is 0 Å². The number of hydrogen-bond acceptors (Lipinski definition) is 0. The minimum atomic E-state index is 1.33. The Hall–Kier alpha value is -3.67. The predicted molar refractivity (Wildman–Crippen MR) is 172 cm³/mol. The molecule has 0 aliphatic rings. The molecule has 0 heterocycles. The Morgan fingerprint density at radius 1 is 0.500 bits per heavy atom. The SMILES string of the molecule is Cc1ccc2[cH-]cc(C)c2c1.Cc1ccc2c(c1)[cH-]c1cc(C)ccc12.[Zr+2]=[C](c1ccccc1)c1ccccc1. The Morgan fingerprint density at radius 2 is 0.975 bits per heavy atom. The Kier molecular flexibility index (Phi) is 8.83. The van der Waals surface area contributed by atoms with Crippen LogP contribution < -0.4 is 0 Å². The van der Waals surface area contributed by atoms with Gasteiger partial charge in [0, 0.05) is 0 Å². The van der Waals surface area contributed by atoms with Crippen molar-refractivity contribution in [2.45, 2.75) is 27.7 Å². The van der Waals surface area contributed by atoms with Crippen molar-refractivity contribution >= 4 is 35.5 Å². The van der Waals surface area contributed by atoms with Gasteiger partial charge in [-0.05, 0) is 20.8 Å². The summed E-state index contributed by atoms with van der Waals surface area (Å²) in [6.07, 6.45) is 0. The van der Waals surface area contributed by atoms with Gasteiger partial charge in [0.15, 0.2) is 0 Å². The van der Waals surface area contributed by atoms with Crippen molar-refractivity contribution in [3.8, 4) is 0 Å². The fraction of sp³-hybridized carbons (Fsp3) is 0.103. The quantitative estimate of drug-likeness (QED) is 0.175. The van der Waals surface area contributed by atoms with Gasteiger partial charge in [-0.15, -0.1) is 74.8 Å². The summed E-state index contributed by atoms with van der Waals surface area (Å²) in [4.78, 5) is 0. The zero-order valence-corrected chi connectivity index (χ0v) is 26.2. The number of benzene rings is 5. The first-order chi connectivity index (χ1) is 19.4. The van der Waals surface area contributed by atoms with Gasteiger partial charge in [-0.2, -0.15) is 11.6 Å². The molecule has 0 aliphatic heterocycles. The van der Waals surface area contributed by atoms with E-state index in [1.165, 1.54) is 93.1 Å². The first-order valence-electron chi connectivity index (χ1n) is 13.8. The van der Waals surface area contributed by atoms with Gasteiger partial charge in [-0.3, -0.25) is 0 Å². The maximum absolute atomic E-state index is 2.28. The van der Waals surface area contributed by atoms with E-state index in [2.05, 4.69) is 161 Å². The van der Waals surface area contributed by atoms with Crippen molar-refractivity contribution in [2.75, 3.05) is 0 Å². The summed E-state index contributed by atoms with van der Waals surface area (Å²) in [7, 11) is 0. The molecule has 0 spiro atoms. The molecular weight excluding hydrogens is 560 g/mol. The van der Waals surface area contributed by atoms with E-state index in [-0.39, 0.29) is 0 Å². The molecule has 0 aliphatic carbocycles. The standard InChI is InChI=1S/C15H13.C13H10.C11H11.Zr/c1-10-3-5-14-12(7-10)9-13-8-11(2)4-6-15(13)14;1-3-7-12(8-4-1)11-13-9-5-2-6-10-13;1-8-3-5-10-6-4-9(2)11(10)7-8;/h3-9H,1-2H3;1-10H;3-7H,1-2H3;/q-1;;-1;+2. The minimum absolute atomic E-state index is 1.33. The van der Waals surface area contributed by atoms with E-state index in [1.807, 2.05) is 0 Å². The van der Waals surface area contributed by atoms with Crippen LogP contribution in [0.15, 0.2) is 133 Å². The molecule has 40 heavy (non-hydrogen) atoms. The van der Waals surface area contributed by atoms with Crippen LogP contribution in [0.4, 0.5) is 0 Å². The van der Waals surface area contributed by atoms with Gasteiger partial charge in [-0.1, -0.05) is 47.9 Å². The van der Waals surface area contributed by atoms with E-state index in [9.17, 15) is 0 Å². The van der Waals surface area contributed by atoms with Crippen LogP contribution in [0.1, 0.15) is 33.4 Å². The molecule has 0 saturated heterocycles. The summed E-state index contributed by atoms with van der Waals surface area (Å²) in [5.41, 5.74) is 8.04. The second kappa shape index (κ2) is 12.7. The number of aryl methyl sites for hydroxylation is 4. The third kappa shape index (κ3) is 6.55. The van der Waals surface area contributed by atoms with Crippen molar-refractivity contribution in [2.24, 2.45) is 0 Å². The van der Waals surface area contributed by atoms with Crippen molar-refractivity contribution < 1.29 is 24.2 Å². The monoisotopic (exact) mass is 592 g/mol.